The van der Waals surface area contributed by atoms with Crippen LogP contribution in [0.25, 0.3) is 0 Å². The summed E-state index contributed by atoms with van der Waals surface area (Å²) in [6, 6.07) is 12.1. The van der Waals surface area contributed by atoms with Crippen LogP contribution in [0.2, 0.25) is 10.0 Å². The number of carbonyl (C=O) groups is 1. The third-order valence-electron chi connectivity index (χ3n) is 4.12. The van der Waals surface area contributed by atoms with E-state index in [1.165, 1.54) is 0 Å². The van der Waals surface area contributed by atoms with E-state index in [-0.39, 0.29) is 25.1 Å². The van der Waals surface area contributed by atoms with Gasteiger partial charge in [0.25, 0.3) is 0 Å². The minimum Gasteiger partial charge on any atom is -0.493 e. The SMILES string of the molecule is CCOC(=O)C(Cc1ccc(OCCC(O)Oc2ccc(Cl)cc2Cl)cc1)OC(C)C. The number of esters is 1. The van der Waals surface area contributed by atoms with Gasteiger partial charge < -0.3 is 24.1 Å². The quantitative estimate of drug-likeness (QED) is 0.345. The zero-order valence-corrected chi connectivity index (χ0v) is 19.4. The smallest absolute Gasteiger partial charge is 0.335 e. The van der Waals surface area contributed by atoms with Crippen LogP contribution in [0.3, 0.4) is 0 Å². The van der Waals surface area contributed by atoms with Gasteiger partial charge in [0, 0.05) is 17.9 Å². The van der Waals surface area contributed by atoms with Gasteiger partial charge in [-0.3, -0.25) is 0 Å². The highest BCUT2D eigenvalue weighted by Gasteiger charge is 2.22. The Bertz CT molecular complexity index is 825. The van der Waals surface area contributed by atoms with Gasteiger partial charge >= 0.3 is 5.97 Å². The molecule has 2 rings (SSSR count). The summed E-state index contributed by atoms with van der Waals surface area (Å²) in [4.78, 5) is 12.1. The maximum Gasteiger partial charge on any atom is 0.335 e. The summed E-state index contributed by atoms with van der Waals surface area (Å²) >= 11 is 11.9. The Morgan fingerprint density at radius 2 is 1.81 bits per heavy atom. The Labute approximate surface area is 193 Å². The van der Waals surface area contributed by atoms with Gasteiger partial charge in [0.15, 0.2) is 6.10 Å². The topological polar surface area (TPSA) is 74.2 Å². The molecule has 1 N–H and O–H groups in total. The second kappa shape index (κ2) is 12.8. The first-order valence-corrected chi connectivity index (χ1v) is 10.9. The highest BCUT2D eigenvalue weighted by atomic mass is 35.5. The fourth-order valence-electron chi connectivity index (χ4n) is 2.74. The number of ether oxygens (including phenoxy) is 4. The van der Waals surface area contributed by atoms with Crippen LogP contribution in [0, 0.1) is 0 Å². The standard InChI is InChI=1S/C23H28Cl2O6/c1-4-28-23(27)21(30-15(2)3)13-16-5-8-18(9-6-16)29-12-11-22(26)31-20-10-7-17(24)14-19(20)25/h5-10,14-15,21-22,26H,4,11-13H2,1-3H3. The van der Waals surface area contributed by atoms with E-state index >= 15 is 0 Å². The molecular formula is C23H28Cl2O6. The molecule has 0 amide bonds. The van der Waals surface area contributed by atoms with Crippen molar-refractivity contribution in [3.05, 3.63) is 58.1 Å². The molecule has 0 aliphatic rings. The molecule has 31 heavy (non-hydrogen) atoms. The summed E-state index contributed by atoms with van der Waals surface area (Å²) in [5.41, 5.74) is 0.923. The van der Waals surface area contributed by atoms with Crippen molar-refractivity contribution < 1.29 is 28.8 Å². The van der Waals surface area contributed by atoms with Crippen LogP contribution in [0.5, 0.6) is 11.5 Å². The Kier molecular flexibility index (Phi) is 10.4. The second-order valence-corrected chi connectivity index (χ2v) is 7.90. The van der Waals surface area contributed by atoms with Crippen LogP contribution >= 0.6 is 23.2 Å². The van der Waals surface area contributed by atoms with E-state index in [2.05, 4.69) is 0 Å². The van der Waals surface area contributed by atoms with Gasteiger partial charge in [0.1, 0.15) is 11.5 Å². The molecule has 0 aromatic heterocycles. The molecule has 0 radical (unpaired) electrons. The van der Waals surface area contributed by atoms with Crippen molar-refractivity contribution in [2.45, 2.75) is 52.1 Å². The lowest BCUT2D eigenvalue weighted by molar-refractivity contribution is -0.159. The van der Waals surface area contributed by atoms with Gasteiger partial charge in [-0.05, 0) is 56.7 Å². The average molecular weight is 471 g/mol. The van der Waals surface area contributed by atoms with E-state index in [0.717, 1.165) is 5.56 Å². The highest BCUT2D eigenvalue weighted by Crippen LogP contribution is 2.28. The molecule has 2 atom stereocenters. The Hall–Kier alpha value is -1.99. The first-order chi connectivity index (χ1) is 14.8. The van der Waals surface area contributed by atoms with Gasteiger partial charge in [0.2, 0.25) is 6.29 Å². The lowest BCUT2D eigenvalue weighted by Gasteiger charge is -2.19. The first kappa shape index (κ1) is 25.3. The maximum atomic E-state index is 12.1. The van der Waals surface area contributed by atoms with Gasteiger partial charge in [-0.2, -0.15) is 0 Å². The zero-order chi connectivity index (χ0) is 22.8. The summed E-state index contributed by atoms with van der Waals surface area (Å²) in [5.74, 6) is 0.618. The number of hydrogen-bond donors (Lipinski definition) is 1. The Morgan fingerprint density at radius 1 is 1.10 bits per heavy atom. The van der Waals surface area contributed by atoms with E-state index in [4.69, 9.17) is 42.1 Å². The van der Waals surface area contributed by atoms with Gasteiger partial charge in [-0.25, -0.2) is 4.79 Å². The van der Waals surface area contributed by atoms with Crippen molar-refractivity contribution >= 4 is 29.2 Å². The lowest BCUT2D eigenvalue weighted by atomic mass is 10.1. The van der Waals surface area contributed by atoms with E-state index in [1.54, 1.807) is 37.3 Å². The monoisotopic (exact) mass is 470 g/mol. The molecule has 2 unspecified atom stereocenters. The Morgan fingerprint density at radius 3 is 2.42 bits per heavy atom. The summed E-state index contributed by atoms with van der Waals surface area (Å²) < 4.78 is 21.8. The number of hydrogen-bond acceptors (Lipinski definition) is 6. The third-order valence-corrected chi connectivity index (χ3v) is 4.65. The maximum absolute atomic E-state index is 12.1. The summed E-state index contributed by atoms with van der Waals surface area (Å²) in [6.07, 6.45) is -1.16. The number of rotatable bonds is 12. The molecule has 0 heterocycles. The molecule has 8 heteroatoms. The predicted molar refractivity (Wildman–Crippen MR) is 120 cm³/mol. The molecule has 2 aromatic rings. The number of aliphatic hydroxyl groups excluding tert-OH is 1. The highest BCUT2D eigenvalue weighted by molar-refractivity contribution is 6.35. The third kappa shape index (κ3) is 8.95. The summed E-state index contributed by atoms with van der Waals surface area (Å²) in [7, 11) is 0. The molecular weight excluding hydrogens is 443 g/mol. The van der Waals surface area contributed by atoms with E-state index in [9.17, 15) is 9.90 Å². The van der Waals surface area contributed by atoms with E-state index in [1.807, 2.05) is 26.0 Å². The van der Waals surface area contributed by atoms with Crippen LogP contribution in [0.1, 0.15) is 32.8 Å². The number of aliphatic hydroxyl groups is 1. The van der Waals surface area contributed by atoms with Crippen molar-refractivity contribution in [3.8, 4) is 11.5 Å². The molecule has 0 saturated heterocycles. The van der Waals surface area contributed by atoms with E-state index < -0.39 is 12.4 Å². The van der Waals surface area contributed by atoms with Crippen LogP contribution in [-0.2, 0) is 20.7 Å². The molecule has 0 saturated carbocycles. The van der Waals surface area contributed by atoms with Gasteiger partial charge in [0.05, 0.1) is 24.3 Å². The van der Waals surface area contributed by atoms with E-state index in [0.29, 0.717) is 34.6 Å². The molecule has 6 nitrogen and oxygen atoms in total. The Balaban J connectivity index is 1.82. The summed E-state index contributed by atoms with van der Waals surface area (Å²) in [5, 5.41) is 10.8. The van der Waals surface area contributed by atoms with Crippen molar-refractivity contribution in [2.24, 2.45) is 0 Å². The number of carbonyl (C=O) groups excluding carboxylic acids is 1. The second-order valence-electron chi connectivity index (χ2n) is 7.06. The van der Waals surface area contributed by atoms with Crippen molar-refractivity contribution in [1.29, 1.82) is 0 Å². The largest absolute Gasteiger partial charge is 0.493 e. The van der Waals surface area contributed by atoms with Crippen molar-refractivity contribution in [3.63, 3.8) is 0 Å². The fraction of sp³-hybridized carbons (Fsp3) is 0.435. The molecule has 0 fully saturated rings. The molecule has 2 aromatic carbocycles. The number of benzene rings is 2. The van der Waals surface area contributed by atoms with Crippen LogP contribution in [0.4, 0.5) is 0 Å². The molecule has 170 valence electrons. The first-order valence-electron chi connectivity index (χ1n) is 10.1. The molecule has 0 aliphatic heterocycles. The van der Waals surface area contributed by atoms with Gasteiger partial charge in [-0.1, -0.05) is 35.3 Å². The predicted octanol–water partition coefficient (Wildman–Crippen LogP) is 5.06. The molecule has 0 bridgehead atoms. The van der Waals surface area contributed by atoms with Gasteiger partial charge in [-0.15, -0.1) is 0 Å². The zero-order valence-electron chi connectivity index (χ0n) is 17.8. The normalized spacial score (nSPS) is 13.0. The molecule has 0 spiro atoms. The lowest BCUT2D eigenvalue weighted by Crippen LogP contribution is -2.31. The minimum atomic E-state index is -1.07. The van der Waals surface area contributed by atoms with Crippen LogP contribution in [-0.4, -0.2) is 42.8 Å². The number of halogens is 2. The summed E-state index contributed by atoms with van der Waals surface area (Å²) in [6.45, 7) is 6.07. The average Bonchev–Trinajstić information content (AvgIpc) is 2.71. The minimum absolute atomic E-state index is 0.0894. The van der Waals surface area contributed by atoms with Crippen molar-refractivity contribution in [2.75, 3.05) is 13.2 Å². The molecule has 0 aliphatic carbocycles. The fourth-order valence-corrected chi connectivity index (χ4v) is 3.19. The van der Waals surface area contributed by atoms with Crippen molar-refractivity contribution in [1.82, 2.24) is 0 Å². The van der Waals surface area contributed by atoms with Crippen LogP contribution < -0.4 is 9.47 Å². The van der Waals surface area contributed by atoms with Crippen LogP contribution in [0.15, 0.2) is 42.5 Å².